The van der Waals surface area contributed by atoms with Crippen molar-refractivity contribution in [3.63, 3.8) is 0 Å². The first-order valence-corrected chi connectivity index (χ1v) is 10.0. The molecule has 1 aromatic heterocycles. The van der Waals surface area contributed by atoms with Crippen LogP contribution in [0.15, 0.2) is 50.5 Å². The topological polar surface area (TPSA) is 120 Å². The van der Waals surface area contributed by atoms with Crippen LogP contribution in [0.5, 0.6) is 11.5 Å². The zero-order chi connectivity index (χ0) is 19.9. The summed E-state index contributed by atoms with van der Waals surface area (Å²) in [7, 11) is -2.41. The predicted octanol–water partition coefficient (Wildman–Crippen LogP) is 0.915. The molecule has 0 spiro atoms. The summed E-state index contributed by atoms with van der Waals surface area (Å²) >= 11 is 0. The lowest BCUT2D eigenvalue weighted by Crippen LogP contribution is -2.28. The van der Waals surface area contributed by atoms with Crippen LogP contribution in [0.2, 0.25) is 0 Å². The van der Waals surface area contributed by atoms with E-state index in [-0.39, 0.29) is 11.4 Å². The molecule has 0 fully saturated rings. The van der Waals surface area contributed by atoms with E-state index in [1.807, 2.05) is 0 Å². The largest absolute Gasteiger partial charge is 0.486 e. The van der Waals surface area contributed by atoms with Gasteiger partial charge in [-0.05, 0) is 35.9 Å². The zero-order valence-corrected chi connectivity index (χ0v) is 15.7. The Morgan fingerprint density at radius 3 is 2.68 bits per heavy atom. The van der Waals surface area contributed by atoms with Crippen molar-refractivity contribution in [2.24, 2.45) is 7.05 Å². The van der Waals surface area contributed by atoms with Crippen molar-refractivity contribution in [3.8, 4) is 11.5 Å². The Kier molecular flexibility index (Phi) is 4.61. The van der Waals surface area contributed by atoms with Gasteiger partial charge in [-0.2, -0.15) is 0 Å². The molecule has 1 atom stereocenters. The SMILES string of the molecule is Cn1c(=O)oc2ccc(S(=O)(=O)NC[C@@H](O)c3ccc4c(c3)OCCO4)cc21. The maximum absolute atomic E-state index is 12.6. The number of aryl methyl sites for hydroxylation is 1. The Balaban J connectivity index is 1.52. The highest BCUT2D eigenvalue weighted by molar-refractivity contribution is 7.89. The summed E-state index contributed by atoms with van der Waals surface area (Å²) < 4.78 is 44.6. The number of rotatable bonds is 5. The van der Waals surface area contributed by atoms with Crippen LogP contribution in [0.25, 0.3) is 11.1 Å². The first kappa shape index (κ1) is 18.5. The summed E-state index contributed by atoms with van der Waals surface area (Å²) in [6, 6.07) is 9.06. The fourth-order valence-electron chi connectivity index (χ4n) is 2.93. The van der Waals surface area contributed by atoms with Crippen molar-refractivity contribution in [1.82, 2.24) is 9.29 Å². The van der Waals surface area contributed by atoms with E-state index in [9.17, 15) is 18.3 Å². The van der Waals surface area contributed by atoms with Gasteiger partial charge in [0.15, 0.2) is 17.1 Å². The second-order valence-corrected chi connectivity index (χ2v) is 8.09. The minimum Gasteiger partial charge on any atom is -0.486 e. The third-order valence-corrected chi connectivity index (χ3v) is 5.91. The predicted molar refractivity (Wildman–Crippen MR) is 99.0 cm³/mol. The van der Waals surface area contributed by atoms with Gasteiger partial charge in [-0.15, -0.1) is 0 Å². The van der Waals surface area contributed by atoms with Gasteiger partial charge >= 0.3 is 5.76 Å². The van der Waals surface area contributed by atoms with E-state index in [0.717, 1.165) is 0 Å². The number of sulfonamides is 1. The quantitative estimate of drug-likeness (QED) is 0.646. The second-order valence-electron chi connectivity index (χ2n) is 6.33. The molecule has 0 saturated carbocycles. The number of benzene rings is 2. The highest BCUT2D eigenvalue weighted by Gasteiger charge is 2.20. The summed E-state index contributed by atoms with van der Waals surface area (Å²) in [5.41, 5.74) is 1.16. The van der Waals surface area contributed by atoms with Crippen molar-refractivity contribution >= 4 is 21.1 Å². The van der Waals surface area contributed by atoms with Gasteiger partial charge in [0.05, 0.1) is 16.5 Å². The highest BCUT2D eigenvalue weighted by atomic mass is 32.2. The van der Waals surface area contributed by atoms with Crippen LogP contribution in [0, 0.1) is 0 Å². The van der Waals surface area contributed by atoms with Crippen molar-refractivity contribution in [2.45, 2.75) is 11.0 Å². The molecule has 0 radical (unpaired) electrons. The molecular weight excluding hydrogens is 388 g/mol. The summed E-state index contributed by atoms with van der Waals surface area (Å²) in [4.78, 5) is 11.5. The zero-order valence-electron chi connectivity index (χ0n) is 14.9. The molecule has 0 aliphatic carbocycles. The molecule has 3 aromatic rings. The van der Waals surface area contributed by atoms with Crippen LogP contribution >= 0.6 is 0 Å². The molecule has 2 aromatic carbocycles. The fourth-order valence-corrected chi connectivity index (χ4v) is 3.99. The third kappa shape index (κ3) is 3.37. The standard InChI is InChI=1S/C18H18N2O7S/c1-20-13-9-12(3-5-15(13)27-18(20)22)28(23,24)19-10-14(21)11-2-4-16-17(8-11)26-7-6-25-16/h2-5,8-9,14,19,21H,6-7,10H2,1H3/t14-/m1/s1. The lowest BCUT2D eigenvalue weighted by Gasteiger charge is -2.20. The highest BCUT2D eigenvalue weighted by Crippen LogP contribution is 2.32. The van der Waals surface area contributed by atoms with E-state index in [0.29, 0.717) is 41.4 Å². The van der Waals surface area contributed by atoms with E-state index < -0.39 is 21.9 Å². The number of hydrogen-bond acceptors (Lipinski definition) is 7. The van der Waals surface area contributed by atoms with E-state index in [1.165, 1.54) is 29.8 Å². The van der Waals surface area contributed by atoms with Gasteiger partial charge in [0.1, 0.15) is 13.2 Å². The molecule has 148 valence electrons. The Labute approximate surface area is 160 Å². The van der Waals surface area contributed by atoms with Crippen LogP contribution in [0.1, 0.15) is 11.7 Å². The Morgan fingerprint density at radius 1 is 1.14 bits per heavy atom. The summed E-state index contributed by atoms with van der Waals surface area (Å²) in [5, 5.41) is 10.4. The Bertz CT molecular complexity index is 1200. The second kappa shape index (κ2) is 6.97. The number of ether oxygens (including phenoxy) is 2. The van der Waals surface area contributed by atoms with E-state index >= 15 is 0 Å². The van der Waals surface area contributed by atoms with Crippen LogP contribution in [0.3, 0.4) is 0 Å². The first-order chi connectivity index (χ1) is 13.3. The summed E-state index contributed by atoms with van der Waals surface area (Å²) in [5.74, 6) is 0.519. The normalized spacial score (nSPS) is 14.9. The Hall–Kier alpha value is -2.82. The molecule has 2 N–H and O–H groups in total. The number of aliphatic hydroxyl groups excluding tert-OH is 1. The molecule has 0 unspecified atom stereocenters. The Morgan fingerprint density at radius 2 is 1.89 bits per heavy atom. The van der Waals surface area contributed by atoms with E-state index in [1.54, 1.807) is 18.2 Å². The van der Waals surface area contributed by atoms with Crippen molar-refractivity contribution in [2.75, 3.05) is 19.8 Å². The number of nitrogens with one attached hydrogen (secondary N) is 1. The molecule has 28 heavy (non-hydrogen) atoms. The lowest BCUT2D eigenvalue weighted by atomic mass is 10.1. The molecule has 1 aliphatic rings. The maximum Gasteiger partial charge on any atom is 0.419 e. The summed E-state index contributed by atoms with van der Waals surface area (Å²) in [6.45, 7) is 0.643. The molecular formula is C18H18N2O7S. The van der Waals surface area contributed by atoms with E-state index in [2.05, 4.69) is 4.72 Å². The van der Waals surface area contributed by atoms with Crippen molar-refractivity contribution in [3.05, 3.63) is 52.5 Å². The number of oxazole rings is 1. The molecule has 0 bridgehead atoms. The van der Waals surface area contributed by atoms with Gasteiger partial charge in [-0.3, -0.25) is 4.57 Å². The monoisotopic (exact) mass is 406 g/mol. The molecule has 10 heteroatoms. The molecule has 9 nitrogen and oxygen atoms in total. The van der Waals surface area contributed by atoms with Crippen LogP contribution in [-0.4, -0.2) is 37.8 Å². The van der Waals surface area contributed by atoms with Crippen LogP contribution < -0.4 is 20.0 Å². The molecule has 0 saturated heterocycles. The summed E-state index contributed by atoms with van der Waals surface area (Å²) in [6.07, 6.45) is -1.08. The molecule has 0 amide bonds. The van der Waals surface area contributed by atoms with Gasteiger partial charge in [0, 0.05) is 13.6 Å². The smallest absolute Gasteiger partial charge is 0.419 e. The minimum absolute atomic E-state index is 0.0363. The number of hydrogen-bond donors (Lipinski definition) is 2. The number of aliphatic hydroxyl groups is 1. The average molecular weight is 406 g/mol. The van der Waals surface area contributed by atoms with Crippen LogP contribution in [-0.2, 0) is 17.1 Å². The third-order valence-electron chi connectivity index (χ3n) is 4.49. The van der Waals surface area contributed by atoms with Gasteiger partial charge in [0.25, 0.3) is 0 Å². The fraction of sp³-hybridized carbons (Fsp3) is 0.278. The first-order valence-electron chi connectivity index (χ1n) is 8.52. The number of fused-ring (bicyclic) bond motifs is 2. The van der Waals surface area contributed by atoms with Crippen molar-refractivity contribution < 1.29 is 27.4 Å². The van der Waals surface area contributed by atoms with Crippen LogP contribution in [0.4, 0.5) is 0 Å². The average Bonchev–Trinajstić information content (AvgIpc) is 2.99. The molecule has 2 heterocycles. The van der Waals surface area contributed by atoms with Gasteiger partial charge in [-0.1, -0.05) is 6.07 Å². The molecule has 4 rings (SSSR count). The van der Waals surface area contributed by atoms with Crippen molar-refractivity contribution in [1.29, 1.82) is 0 Å². The molecule has 1 aliphatic heterocycles. The van der Waals surface area contributed by atoms with Gasteiger partial charge < -0.3 is 19.0 Å². The van der Waals surface area contributed by atoms with Gasteiger partial charge in [-0.25, -0.2) is 17.9 Å². The van der Waals surface area contributed by atoms with E-state index in [4.69, 9.17) is 13.9 Å². The number of aromatic nitrogens is 1. The van der Waals surface area contributed by atoms with Gasteiger partial charge in [0.2, 0.25) is 10.0 Å². The number of nitrogens with zero attached hydrogens (tertiary/aromatic N) is 1. The maximum atomic E-state index is 12.6. The lowest BCUT2D eigenvalue weighted by molar-refractivity contribution is 0.165. The minimum atomic E-state index is -3.90.